The molecule has 23 heavy (non-hydrogen) atoms. The number of sulfonamides is 1. The molecule has 0 aliphatic heterocycles. The predicted octanol–water partition coefficient (Wildman–Crippen LogP) is 2.43. The SMILES string of the molecule is CC[C@H](C)NC(=O)CCCN(c1ccc(F)c(F)c1)S(C)(=O)=O. The van der Waals surface area contributed by atoms with Gasteiger partial charge in [-0.05, 0) is 31.9 Å². The van der Waals surface area contributed by atoms with Crippen molar-refractivity contribution in [3.63, 3.8) is 0 Å². The number of halogens is 2. The number of hydrogen-bond acceptors (Lipinski definition) is 3. The van der Waals surface area contributed by atoms with E-state index in [0.717, 1.165) is 29.1 Å². The van der Waals surface area contributed by atoms with Gasteiger partial charge < -0.3 is 5.32 Å². The summed E-state index contributed by atoms with van der Waals surface area (Å²) in [4.78, 5) is 11.7. The van der Waals surface area contributed by atoms with Gasteiger partial charge in [0.1, 0.15) is 0 Å². The Morgan fingerprint density at radius 2 is 1.96 bits per heavy atom. The first-order valence-corrected chi connectivity index (χ1v) is 9.22. The quantitative estimate of drug-likeness (QED) is 0.785. The van der Waals surface area contributed by atoms with E-state index in [-0.39, 0.29) is 37.0 Å². The Labute approximate surface area is 135 Å². The maximum absolute atomic E-state index is 13.3. The van der Waals surface area contributed by atoms with Crippen molar-refractivity contribution in [3.8, 4) is 0 Å². The van der Waals surface area contributed by atoms with E-state index < -0.39 is 21.7 Å². The molecule has 0 saturated carbocycles. The van der Waals surface area contributed by atoms with E-state index in [9.17, 15) is 22.0 Å². The van der Waals surface area contributed by atoms with Gasteiger partial charge in [-0.15, -0.1) is 0 Å². The topological polar surface area (TPSA) is 66.5 Å². The van der Waals surface area contributed by atoms with Gasteiger partial charge in [-0.2, -0.15) is 0 Å². The van der Waals surface area contributed by atoms with E-state index in [0.29, 0.717) is 0 Å². The highest BCUT2D eigenvalue weighted by Gasteiger charge is 2.19. The number of benzene rings is 1. The van der Waals surface area contributed by atoms with Crippen molar-refractivity contribution >= 4 is 21.6 Å². The van der Waals surface area contributed by atoms with Crippen molar-refractivity contribution in [1.82, 2.24) is 5.32 Å². The molecule has 0 heterocycles. The fourth-order valence-corrected chi connectivity index (χ4v) is 2.92. The van der Waals surface area contributed by atoms with E-state index in [2.05, 4.69) is 5.32 Å². The number of hydrogen-bond donors (Lipinski definition) is 1. The lowest BCUT2D eigenvalue weighted by Crippen LogP contribution is -2.34. The van der Waals surface area contributed by atoms with Crippen LogP contribution in [0.3, 0.4) is 0 Å². The molecule has 130 valence electrons. The highest BCUT2D eigenvalue weighted by molar-refractivity contribution is 7.92. The lowest BCUT2D eigenvalue weighted by molar-refractivity contribution is -0.121. The third-order valence-corrected chi connectivity index (χ3v) is 4.57. The van der Waals surface area contributed by atoms with Crippen LogP contribution in [-0.4, -0.2) is 33.2 Å². The Morgan fingerprint density at radius 3 is 2.48 bits per heavy atom. The lowest BCUT2D eigenvalue weighted by Gasteiger charge is -2.22. The van der Waals surface area contributed by atoms with Gasteiger partial charge in [0.05, 0.1) is 11.9 Å². The molecule has 0 aromatic heterocycles. The van der Waals surface area contributed by atoms with E-state index in [1.54, 1.807) is 0 Å². The van der Waals surface area contributed by atoms with Crippen molar-refractivity contribution in [2.24, 2.45) is 0 Å². The third-order valence-electron chi connectivity index (χ3n) is 3.38. The first-order chi connectivity index (χ1) is 10.6. The monoisotopic (exact) mass is 348 g/mol. The van der Waals surface area contributed by atoms with Crippen LogP contribution in [0.2, 0.25) is 0 Å². The van der Waals surface area contributed by atoms with Crippen LogP contribution >= 0.6 is 0 Å². The molecule has 0 unspecified atom stereocenters. The van der Waals surface area contributed by atoms with Gasteiger partial charge in [-0.25, -0.2) is 17.2 Å². The Balaban J connectivity index is 2.74. The van der Waals surface area contributed by atoms with Crippen LogP contribution < -0.4 is 9.62 Å². The number of carbonyl (C=O) groups is 1. The summed E-state index contributed by atoms with van der Waals surface area (Å²) in [5.74, 6) is -2.33. The van der Waals surface area contributed by atoms with Crippen LogP contribution in [0.1, 0.15) is 33.1 Å². The second kappa shape index (κ2) is 8.24. The first kappa shape index (κ1) is 19.3. The number of amides is 1. The summed E-state index contributed by atoms with van der Waals surface area (Å²) in [7, 11) is -3.66. The third kappa shape index (κ3) is 6.13. The van der Waals surface area contributed by atoms with Gasteiger partial charge in [0.25, 0.3) is 0 Å². The Hall–Kier alpha value is -1.70. The number of nitrogens with one attached hydrogen (secondary N) is 1. The van der Waals surface area contributed by atoms with Crippen LogP contribution in [-0.2, 0) is 14.8 Å². The summed E-state index contributed by atoms with van der Waals surface area (Å²) in [5, 5.41) is 2.78. The number of nitrogens with zero attached hydrogens (tertiary/aromatic N) is 1. The fourth-order valence-electron chi connectivity index (χ4n) is 1.96. The van der Waals surface area contributed by atoms with Gasteiger partial charge >= 0.3 is 0 Å². The van der Waals surface area contributed by atoms with Crippen LogP contribution in [0, 0.1) is 11.6 Å². The van der Waals surface area contributed by atoms with Gasteiger partial charge in [0.2, 0.25) is 15.9 Å². The zero-order valence-electron chi connectivity index (χ0n) is 13.5. The van der Waals surface area contributed by atoms with Gasteiger partial charge in [-0.3, -0.25) is 9.10 Å². The van der Waals surface area contributed by atoms with Gasteiger partial charge in [0, 0.05) is 25.1 Å². The van der Waals surface area contributed by atoms with E-state index in [4.69, 9.17) is 0 Å². The molecule has 1 aromatic rings. The average Bonchev–Trinajstić information content (AvgIpc) is 2.45. The van der Waals surface area contributed by atoms with Crippen LogP contribution in [0.15, 0.2) is 18.2 Å². The summed E-state index contributed by atoms with van der Waals surface area (Å²) >= 11 is 0. The number of carbonyl (C=O) groups excluding carboxylic acids is 1. The second-order valence-electron chi connectivity index (χ2n) is 5.41. The molecule has 0 aliphatic rings. The summed E-state index contributed by atoms with van der Waals surface area (Å²) in [5.41, 5.74) is 0.0359. The Morgan fingerprint density at radius 1 is 1.30 bits per heavy atom. The van der Waals surface area contributed by atoms with Gasteiger partial charge in [-0.1, -0.05) is 6.92 Å². The van der Waals surface area contributed by atoms with Crippen molar-refractivity contribution in [3.05, 3.63) is 29.8 Å². The fraction of sp³-hybridized carbons (Fsp3) is 0.533. The minimum atomic E-state index is -3.66. The summed E-state index contributed by atoms with van der Waals surface area (Å²) in [6.45, 7) is 3.83. The van der Waals surface area contributed by atoms with E-state index in [1.165, 1.54) is 6.07 Å². The largest absolute Gasteiger partial charge is 0.354 e. The van der Waals surface area contributed by atoms with Gasteiger partial charge in [0.15, 0.2) is 11.6 Å². The molecule has 1 atom stereocenters. The minimum Gasteiger partial charge on any atom is -0.354 e. The summed E-state index contributed by atoms with van der Waals surface area (Å²) in [6.07, 6.45) is 2.21. The Kier molecular flexibility index (Phi) is 6.93. The highest BCUT2D eigenvalue weighted by Crippen LogP contribution is 2.21. The molecule has 0 spiro atoms. The van der Waals surface area contributed by atoms with Crippen LogP contribution in [0.4, 0.5) is 14.5 Å². The molecule has 8 heteroatoms. The van der Waals surface area contributed by atoms with E-state index in [1.807, 2.05) is 13.8 Å². The van der Waals surface area contributed by atoms with Crippen molar-refractivity contribution in [2.75, 3.05) is 17.1 Å². The maximum atomic E-state index is 13.3. The molecular formula is C15H22F2N2O3S. The predicted molar refractivity (Wildman–Crippen MR) is 85.7 cm³/mol. The van der Waals surface area contributed by atoms with Crippen LogP contribution in [0.25, 0.3) is 0 Å². The smallest absolute Gasteiger partial charge is 0.232 e. The summed E-state index contributed by atoms with van der Waals surface area (Å²) < 4.78 is 50.9. The average molecular weight is 348 g/mol. The molecule has 1 aromatic carbocycles. The molecule has 1 rings (SSSR count). The highest BCUT2D eigenvalue weighted by atomic mass is 32.2. The normalized spacial score (nSPS) is 12.7. The zero-order chi connectivity index (χ0) is 17.6. The standard InChI is InChI=1S/C15H22F2N2O3S/c1-4-11(2)18-15(20)6-5-9-19(23(3,21)22)12-7-8-13(16)14(17)10-12/h7-8,10-11H,4-6,9H2,1-3H3,(H,18,20)/t11-/m0/s1. The molecule has 0 radical (unpaired) electrons. The molecule has 0 aliphatic carbocycles. The molecule has 1 N–H and O–H groups in total. The lowest BCUT2D eigenvalue weighted by atomic mass is 10.2. The maximum Gasteiger partial charge on any atom is 0.232 e. The second-order valence-corrected chi connectivity index (χ2v) is 7.32. The van der Waals surface area contributed by atoms with Crippen molar-refractivity contribution < 1.29 is 22.0 Å². The zero-order valence-corrected chi connectivity index (χ0v) is 14.3. The summed E-state index contributed by atoms with van der Waals surface area (Å²) in [6, 6.07) is 2.95. The van der Waals surface area contributed by atoms with E-state index >= 15 is 0 Å². The minimum absolute atomic E-state index is 0.0117. The number of rotatable bonds is 8. The van der Waals surface area contributed by atoms with Crippen LogP contribution in [0.5, 0.6) is 0 Å². The first-order valence-electron chi connectivity index (χ1n) is 7.37. The Bertz CT molecular complexity index is 650. The van der Waals surface area contributed by atoms with Crippen molar-refractivity contribution in [1.29, 1.82) is 0 Å². The molecule has 1 amide bonds. The molecule has 0 fully saturated rings. The molecule has 0 saturated heterocycles. The molecule has 5 nitrogen and oxygen atoms in total. The number of anilines is 1. The van der Waals surface area contributed by atoms with Crippen molar-refractivity contribution in [2.45, 2.75) is 39.2 Å². The molecular weight excluding hydrogens is 326 g/mol. The molecule has 0 bridgehead atoms.